The second kappa shape index (κ2) is 11.9. The minimum absolute atomic E-state index is 0. The molecular weight excluding hydrogens is 554 g/mol. The van der Waals surface area contributed by atoms with Gasteiger partial charge in [0.2, 0.25) is 5.91 Å². The van der Waals surface area contributed by atoms with Crippen molar-refractivity contribution in [2.24, 2.45) is 0 Å². The fraction of sp³-hybridized carbons (Fsp3) is 0.344. The summed E-state index contributed by atoms with van der Waals surface area (Å²) in [5, 5.41) is 10.7. The standard InChI is InChI=1S/C31H32F2N6O3.CH4/c1-7-24(41)37-14-19(6)38(15-18(37)5)29-20-13-22(33)27(25-21(32)9-8-10-23(25)40)35-30(20)39(31(42)36-29)28-17(4)11-12-34-26(28)16(2)3;/h7-13,16,18-19,40H,1,14-15H2,2-6H3;1H4/t18-,19+;/m1./s1. The van der Waals surface area contributed by atoms with E-state index in [1.807, 2.05) is 39.5 Å². The molecule has 226 valence electrons. The average molecular weight is 591 g/mol. The summed E-state index contributed by atoms with van der Waals surface area (Å²) in [5.74, 6) is -2.36. The lowest BCUT2D eigenvalue weighted by Gasteiger charge is -2.44. The Morgan fingerprint density at radius 1 is 1.12 bits per heavy atom. The monoisotopic (exact) mass is 590 g/mol. The topological polar surface area (TPSA) is 104 Å². The largest absolute Gasteiger partial charge is 0.507 e. The summed E-state index contributed by atoms with van der Waals surface area (Å²) in [7, 11) is 0. The van der Waals surface area contributed by atoms with E-state index in [4.69, 9.17) is 0 Å². The molecule has 1 aliphatic heterocycles. The Hall–Kier alpha value is -4.67. The van der Waals surface area contributed by atoms with Crippen LogP contribution in [0.1, 0.15) is 52.3 Å². The number of amides is 1. The fourth-order valence-corrected chi connectivity index (χ4v) is 5.58. The molecule has 43 heavy (non-hydrogen) atoms. The van der Waals surface area contributed by atoms with Crippen molar-refractivity contribution >= 4 is 22.8 Å². The van der Waals surface area contributed by atoms with Gasteiger partial charge in [0.1, 0.15) is 23.1 Å². The lowest BCUT2D eigenvalue weighted by atomic mass is 10.0. The molecule has 0 unspecified atom stereocenters. The molecule has 5 rings (SSSR count). The Bertz CT molecular complexity index is 1770. The fourth-order valence-electron chi connectivity index (χ4n) is 5.58. The Labute approximate surface area is 249 Å². The molecule has 0 spiro atoms. The van der Waals surface area contributed by atoms with Crippen LogP contribution in [-0.4, -0.2) is 60.6 Å². The van der Waals surface area contributed by atoms with Gasteiger partial charge in [-0.15, -0.1) is 0 Å². The summed E-state index contributed by atoms with van der Waals surface area (Å²) in [6.07, 6.45) is 2.90. The first-order valence-corrected chi connectivity index (χ1v) is 13.7. The molecule has 2 atom stereocenters. The van der Waals surface area contributed by atoms with Crippen molar-refractivity contribution in [2.75, 3.05) is 18.0 Å². The number of hydrogen-bond acceptors (Lipinski definition) is 7. The van der Waals surface area contributed by atoms with Gasteiger partial charge in [-0.3, -0.25) is 9.78 Å². The van der Waals surface area contributed by atoms with Crippen LogP contribution in [0.5, 0.6) is 5.75 Å². The van der Waals surface area contributed by atoms with Crippen molar-refractivity contribution in [2.45, 2.75) is 60.0 Å². The van der Waals surface area contributed by atoms with Crippen LogP contribution in [0.2, 0.25) is 0 Å². The summed E-state index contributed by atoms with van der Waals surface area (Å²) in [5.41, 5.74) is 0.264. The van der Waals surface area contributed by atoms with Crippen LogP contribution >= 0.6 is 0 Å². The molecule has 3 aromatic heterocycles. The predicted octanol–water partition coefficient (Wildman–Crippen LogP) is 5.51. The van der Waals surface area contributed by atoms with E-state index in [0.29, 0.717) is 30.0 Å². The van der Waals surface area contributed by atoms with Gasteiger partial charge in [0.05, 0.1) is 22.3 Å². The zero-order chi connectivity index (χ0) is 30.5. The molecule has 4 aromatic rings. The molecule has 0 bridgehead atoms. The Balaban J connectivity index is 0.00000423. The zero-order valence-electron chi connectivity index (χ0n) is 24.1. The van der Waals surface area contributed by atoms with Crippen molar-refractivity contribution < 1.29 is 18.7 Å². The number of anilines is 1. The molecule has 1 fully saturated rings. The highest BCUT2D eigenvalue weighted by atomic mass is 19.1. The minimum Gasteiger partial charge on any atom is -0.507 e. The van der Waals surface area contributed by atoms with Crippen LogP contribution in [0, 0.1) is 18.6 Å². The molecule has 11 heteroatoms. The maximum atomic E-state index is 15.9. The Morgan fingerprint density at radius 3 is 2.49 bits per heavy atom. The minimum atomic E-state index is -0.899. The van der Waals surface area contributed by atoms with Crippen LogP contribution in [0.25, 0.3) is 28.0 Å². The average Bonchev–Trinajstić information content (AvgIpc) is 2.94. The quantitative estimate of drug-likeness (QED) is 0.306. The first kappa shape index (κ1) is 31.3. The number of aryl methyl sites for hydroxylation is 1. The number of carbonyl (C=O) groups is 1. The van der Waals surface area contributed by atoms with E-state index < -0.39 is 34.3 Å². The first-order valence-electron chi connectivity index (χ1n) is 13.7. The molecule has 1 saturated heterocycles. The van der Waals surface area contributed by atoms with E-state index in [1.165, 1.54) is 28.8 Å². The number of nitrogens with zero attached hydrogens (tertiary/aromatic N) is 6. The maximum absolute atomic E-state index is 15.9. The number of phenolic OH excluding ortho intramolecular Hbond substituents is 1. The predicted molar refractivity (Wildman–Crippen MR) is 164 cm³/mol. The van der Waals surface area contributed by atoms with E-state index >= 15 is 4.39 Å². The molecular formula is C32H36F2N6O3. The summed E-state index contributed by atoms with van der Waals surface area (Å²) in [4.78, 5) is 43.4. The van der Waals surface area contributed by atoms with Crippen LogP contribution in [0.3, 0.4) is 0 Å². The number of rotatable bonds is 5. The molecule has 1 aromatic carbocycles. The summed E-state index contributed by atoms with van der Waals surface area (Å²) in [6, 6.07) is 6.01. The van der Waals surface area contributed by atoms with Crippen molar-refractivity contribution in [1.82, 2.24) is 24.4 Å². The highest BCUT2D eigenvalue weighted by molar-refractivity contribution is 5.91. The smallest absolute Gasteiger partial charge is 0.355 e. The number of aromatic nitrogens is 4. The number of carbonyl (C=O) groups excluding carboxylic acids is 1. The molecule has 0 radical (unpaired) electrons. The number of halogens is 2. The van der Waals surface area contributed by atoms with Crippen LogP contribution in [0.15, 0.2) is 54.0 Å². The van der Waals surface area contributed by atoms with Crippen molar-refractivity contribution in [1.29, 1.82) is 0 Å². The molecule has 0 saturated carbocycles. The zero-order valence-corrected chi connectivity index (χ0v) is 24.1. The normalized spacial score (nSPS) is 16.8. The summed E-state index contributed by atoms with van der Waals surface area (Å²) in [6.45, 7) is 13.7. The lowest BCUT2D eigenvalue weighted by molar-refractivity contribution is -0.128. The van der Waals surface area contributed by atoms with Crippen molar-refractivity contribution in [3.05, 3.63) is 82.6 Å². The number of phenols is 1. The molecule has 9 nitrogen and oxygen atoms in total. The van der Waals surface area contributed by atoms with Gasteiger partial charge in [-0.2, -0.15) is 4.98 Å². The van der Waals surface area contributed by atoms with Gasteiger partial charge in [-0.05, 0) is 62.6 Å². The SMILES string of the molecule is C.C=CC(=O)N1C[C@H](C)N(c2nc(=O)n(-c3c(C)ccnc3C(C)C)c3nc(-c4c(O)cccc4F)c(F)cc23)C[C@H]1C. The third-order valence-corrected chi connectivity index (χ3v) is 7.67. The van der Waals surface area contributed by atoms with Crippen LogP contribution in [-0.2, 0) is 4.79 Å². The number of pyridine rings is 2. The van der Waals surface area contributed by atoms with Gasteiger partial charge in [-0.1, -0.05) is 33.9 Å². The Kier molecular flexibility index (Phi) is 8.66. The van der Waals surface area contributed by atoms with E-state index in [1.54, 1.807) is 17.2 Å². The van der Waals surface area contributed by atoms with E-state index in [9.17, 15) is 19.1 Å². The number of piperazine rings is 1. The number of fused-ring (bicyclic) bond motifs is 1. The van der Waals surface area contributed by atoms with E-state index in [-0.39, 0.29) is 48.2 Å². The van der Waals surface area contributed by atoms with Gasteiger partial charge < -0.3 is 14.9 Å². The van der Waals surface area contributed by atoms with Gasteiger partial charge in [0.15, 0.2) is 11.5 Å². The number of benzene rings is 1. The number of hydrogen-bond donors (Lipinski definition) is 1. The van der Waals surface area contributed by atoms with E-state index in [0.717, 1.165) is 6.07 Å². The van der Waals surface area contributed by atoms with Gasteiger partial charge in [-0.25, -0.2) is 23.1 Å². The van der Waals surface area contributed by atoms with Gasteiger partial charge in [0.25, 0.3) is 0 Å². The number of aromatic hydroxyl groups is 1. The Morgan fingerprint density at radius 2 is 1.84 bits per heavy atom. The summed E-state index contributed by atoms with van der Waals surface area (Å²) >= 11 is 0. The van der Waals surface area contributed by atoms with Gasteiger partial charge >= 0.3 is 5.69 Å². The second-order valence-electron chi connectivity index (χ2n) is 10.9. The molecule has 0 aliphatic carbocycles. The highest BCUT2D eigenvalue weighted by Gasteiger charge is 2.34. The molecule has 1 amide bonds. The van der Waals surface area contributed by atoms with Gasteiger partial charge in [0, 0.05) is 31.4 Å². The highest BCUT2D eigenvalue weighted by Crippen LogP contribution is 2.37. The van der Waals surface area contributed by atoms with Crippen LogP contribution < -0.4 is 10.6 Å². The second-order valence-corrected chi connectivity index (χ2v) is 10.9. The molecule has 4 heterocycles. The van der Waals surface area contributed by atoms with Crippen LogP contribution in [0.4, 0.5) is 14.6 Å². The third kappa shape index (κ3) is 5.35. The van der Waals surface area contributed by atoms with Crippen molar-refractivity contribution in [3.63, 3.8) is 0 Å². The molecule has 1 N–H and O–H groups in total. The molecule has 1 aliphatic rings. The van der Waals surface area contributed by atoms with Crippen molar-refractivity contribution in [3.8, 4) is 22.7 Å². The third-order valence-electron chi connectivity index (χ3n) is 7.67. The maximum Gasteiger partial charge on any atom is 0.355 e. The van der Waals surface area contributed by atoms with E-state index in [2.05, 4.69) is 21.5 Å². The lowest BCUT2D eigenvalue weighted by Crippen LogP contribution is -2.58. The first-order chi connectivity index (χ1) is 19.9. The summed E-state index contributed by atoms with van der Waals surface area (Å²) < 4.78 is 32.1.